The summed E-state index contributed by atoms with van der Waals surface area (Å²) in [6.45, 7) is 5.26. The second-order valence-corrected chi connectivity index (χ2v) is 6.16. The van der Waals surface area contributed by atoms with Gasteiger partial charge in [0, 0.05) is 30.9 Å². The highest BCUT2D eigenvalue weighted by atomic mass is 15.2. The minimum atomic E-state index is 0.613. The number of hydrogen-bond acceptors (Lipinski definition) is 3. The van der Waals surface area contributed by atoms with Crippen molar-refractivity contribution in [2.75, 3.05) is 18.0 Å². The molecule has 1 atom stereocenters. The van der Waals surface area contributed by atoms with Crippen LogP contribution in [0.5, 0.6) is 0 Å². The Balaban J connectivity index is 1.90. The van der Waals surface area contributed by atoms with Gasteiger partial charge in [-0.3, -0.25) is 0 Å². The van der Waals surface area contributed by atoms with Crippen molar-refractivity contribution >= 4 is 5.82 Å². The molecule has 1 fully saturated rings. The molecule has 2 N–H and O–H groups in total. The number of hydrogen-bond donors (Lipinski definition) is 1. The number of aromatic nitrogens is 1. The molecule has 1 aliphatic heterocycles. The van der Waals surface area contributed by atoms with Crippen LogP contribution in [0.15, 0.2) is 6.07 Å². The molecule has 0 aromatic carbocycles. The first-order chi connectivity index (χ1) is 9.28. The van der Waals surface area contributed by atoms with Crippen LogP contribution in [0.4, 0.5) is 5.82 Å². The maximum atomic E-state index is 5.95. The zero-order valence-corrected chi connectivity index (χ0v) is 12.0. The predicted molar refractivity (Wildman–Crippen MR) is 79.4 cm³/mol. The number of rotatable bonds is 2. The van der Waals surface area contributed by atoms with Gasteiger partial charge in [-0.25, -0.2) is 4.98 Å². The first kappa shape index (κ1) is 12.9. The van der Waals surface area contributed by atoms with Crippen molar-refractivity contribution in [1.29, 1.82) is 0 Å². The van der Waals surface area contributed by atoms with E-state index in [2.05, 4.69) is 17.9 Å². The lowest BCUT2D eigenvalue weighted by atomic mass is 10.0. The van der Waals surface area contributed by atoms with E-state index < -0.39 is 0 Å². The van der Waals surface area contributed by atoms with E-state index in [1.54, 1.807) is 0 Å². The lowest BCUT2D eigenvalue weighted by Crippen LogP contribution is -2.27. The molecule has 2 aliphatic rings. The van der Waals surface area contributed by atoms with Crippen molar-refractivity contribution in [1.82, 2.24) is 4.98 Å². The van der Waals surface area contributed by atoms with Gasteiger partial charge in [-0.2, -0.15) is 0 Å². The van der Waals surface area contributed by atoms with E-state index in [-0.39, 0.29) is 0 Å². The topological polar surface area (TPSA) is 42.2 Å². The fourth-order valence-corrected chi connectivity index (χ4v) is 3.41. The molecule has 1 aliphatic carbocycles. The summed E-state index contributed by atoms with van der Waals surface area (Å²) in [5.74, 6) is 2.03. The van der Waals surface area contributed by atoms with Gasteiger partial charge < -0.3 is 10.6 Å². The fourth-order valence-electron chi connectivity index (χ4n) is 3.41. The second kappa shape index (κ2) is 5.49. The lowest BCUT2D eigenvalue weighted by Gasteiger charge is -2.25. The number of nitrogens with two attached hydrogens (primary N) is 1. The Morgan fingerprint density at radius 2 is 2.16 bits per heavy atom. The van der Waals surface area contributed by atoms with Crippen molar-refractivity contribution in [3.63, 3.8) is 0 Å². The highest BCUT2D eigenvalue weighted by Gasteiger charge is 2.21. The molecule has 0 radical (unpaired) electrons. The first-order valence-corrected chi connectivity index (χ1v) is 7.74. The van der Waals surface area contributed by atoms with E-state index >= 15 is 0 Å². The largest absolute Gasteiger partial charge is 0.356 e. The Kier molecular flexibility index (Phi) is 3.74. The van der Waals surface area contributed by atoms with Crippen molar-refractivity contribution in [3.8, 4) is 0 Å². The minimum Gasteiger partial charge on any atom is -0.356 e. The van der Waals surface area contributed by atoms with E-state index in [0.717, 1.165) is 25.4 Å². The van der Waals surface area contributed by atoms with Crippen LogP contribution in [0.25, 0.3) is 0 Å². The summed E-state index contributed by atoms with van der Waals surface area (Å²) < 4.78 is 0. The molecule has 1 saturated heterocycles. The van der Waals surface area contributed by atoms with Gasteiger partial charge in [0.15, 0.2) is 0 Å². The second-order valence-electron chi connectivity index (χ2n) is 6.16. The molecule has 0 amide bonds. The summed E-state index contributed by atoms with van der Waals surface area (Å²) in [7, 11) is 0. The van der Waals surface area contributed by atoms with Crippen molar-refractivity contribution in [3.05, 3.63) is 22.9 Å². The van der Waals surface area contributed by atoms with Gasteiger partial charge in [0.2, 0.25) is 0 Å². The summed E-state index contributed by atoms with van der Waals surface area (Å²) in [6, 6.07) is 2.32. The summed E-state index contributed by atoms with van der Waals surface area (Å²) in [6.07, 6.45) is 7.50. The summed E-state index contributed by atoms with van der Waals surface area (Å²) >= 11 is 0. The van der Waals surface area contributed by atoms with Crippen LogP contribution in [-0.2, 0) is 19.4 Å². The van der Waals surface area contributed by atoms with Gasteiger partial charge in [0.25, 0.3) is 0 Å². The van der Waals surface area contributed by atoms with Gasteiger partial charge in [-0.15, -0.1) is 0 Å². The lowest BCUT2D eigenvalue weighted by molar-refractivity contribution is 0.521. The summed E-state index contributed by atoms with van der Waals surface area (Å²) in [4.78, 5) is 7.44. The van der Waals surface area contributed by atoms with E-state index in [4.69, 9.17) is 10.7 Å². The number of fused-ring (bicyclic) bond motifs is 1. The third kappa shape index (κ3) is 2.62. The normalized spacial score (nSPS) is 23.3. The molecule has 1 unspecified atom stereocenters. The van der Waals surface area contributed by atoms with E-state index in [9.17, 15) is 0 Å². The van der Waals surface area contributed by atoms with Crippen molar-refractivity contribution in [2.45, 2.75) is 52.0 Å². The predicted octanol–water partition coefficient (Wildman–Crippen LogP) is 2.66. The zero-order chi connectivity index (χ0) is 13.2. The number of anilines is 1. The van der Waals surface area contributed by atoms with Crippen LogP contribution in [0.2, 0.25) is 0 Å². The van der Waals surface area contributed by atoms with Gasteiger partial charge in [-0.05, 0) is 56.1 Å². The Hall–Kier alpha value is -1.09. The average Bonchev–Trinajstić information content (AvgIpc) is 2.77. The SMILES string of the molecule is CC1CCCN(c2nc3c(cc2CN)CCC3)CC1. The number of aryl methyl sites for hydroxylation is 2. The molecule has 104 valence electrons. The van der Waals surface area contributed by atoms with E-state index in [1.807, 2.05) is 0 Å². The molecule has 0 bridgehead atoms. The molecule has 3 heteroatoms. The molecular weight excluding hydrogens is 234 g/mol. The maximum Gasteiger partial charge on any atom is 0.133 e. The molecular formula is C16H25N3. The van der Waals surface area contributed by atoms with Crippen LogP contribution in [0, 0.1) is 5.92 Å². The average molecular weight is 259 g/mol. The fraction of sp³-hybridized carbons (Fsp3) is 0.688. The molecule has 1 aromatic heterocycles. The van der Waals surface area contributed by atoms with Gasteiger partial charge in [0.1, 0.15) is 5.82 Å². The van der Waals surface area contributed by atoms with Gasteiger partial charge in [0.05, 0.1) is 0 Å². The smallest absolute Gasteiger partial charge is 0.133 e. The van der Waals surface area contributed by atoms with Crippen LogP contribution in [0.1, 0.15) is 49.4 Å². The standard InChI is InChI=1S/C16H25N3/c1-12-4-3-8-19(9-7-12)16-14(11-17)10-13-5-2-6-15(13)18-16/h10,12H,2-9,11,17H2,1H3. The maximum absolute atomic E-state index is 5.95. The molecule has 0 spiro atoms. The molecule has 0 saturated carbocycles. The third-order valence-electron chi connectivity index (χ3n) is 4.64. The third-order valence-corrected chi connectivity index (χ3v) is 4.64. The zero-order valence-electron chi connectivity index (χ0n) is 12.0. The van der Waals surface area contributed by atoms with Gasteiger partial charge >= 0.3 is 0 Å². The number of pyridine rings is 1. The highest BCUT2D eigenvalue weighted by molar-refractivity contribution is 5.51. The molecule has 3 rings (SSSR count). The van der Waals surface area contributed by atoms with Crippen molar-refractivity contribution < 1.29 is 0 Å². The highest BCUT2D eigenvalue weighted by Crippen LogP contribution is 2.29. The minimum absolute atomic E-state index is 0.613. The quantitative estimate of drug-likeness (QED) is 0.888. The summed E-state index contributed by atoms with van der Waals surface area (Å²) in [5, 5.41) is 0. The molecule has 2 heterocycles. The van der Waals surface area contributed by atoms with Crippen molar-refractivity contribution in [2.24, 2.45) is 11.7 Å². The van der Waals surface area contributed by atoms with Crippen LogP contribution in [-0.4, -0.2) is 18.1 Å². The monoisotopic (exact) mass is 259 g/mol. The molecule has 19 heavy (non-hydrogen) atoms. The Morgan fingerprint density at radius 3 is 3.00 bits per heavy atom. The summed E-state index contributed by atoms with van der Waals surface area (Å²) in [5.41, 5.74) is 9.96. The van der Waals surface area contributed by atoms with Gasteiger partial charge in [-0.1, -0.05) is 6.92 Å². The van der Waals surface area contributed by atoms with E-state index in [1.165, 1.54) is 54.7 Å². The first-order valence-electron chi connectivity index (χ1n) is 7.74. The Labute approximate surface area is 116 Å². The Bertz CT molecular complexity index is 456. The number of nitrogens with zero attached hydrogens (tertiary/aromatic N) is 2. The van der Waals surface area contributed by atoms with Crippen LogP contribution in [0.3, 0.4) is 0 Å². The van der Waals surface area contributed by atoms with Crippen LogP contribution >= 0.6 is 0 Å². The van der Waals surface area contributed by atoms with E-state index in [0.29, 0.717) is 6.54 Å². The Morgan fingerprint density at radius 1 is 1.26 bits per heavy atom. The molecule has 1 aromatic rings. The molecule has 3 nitrogen and oxygen atoms in total. The van der Waals surface area contributed by atoms with Crippen LogP contribution < -0.4 is 10.6 Å².